The van der Waals surface area contributed by atoms with E-state index in [1.165, 1.54) is 51.4 Å². The molecule has 10 atom stereocenters. The average molecular weight is 443 g/mol. The molecule has 0 radical (unpaired) electrons. The van der Waals surface area contributed by atoms with Crippen molar-refractivity contribution in [1.82, 2.24) is 0 Å². The molecule has 5 aliphatic carbocycles. The van der Waals surface area contributed by atoms with Crippen LogP contribution in [0.25, 0.3) is 0 Å². The second-order valence-corrected chi connectivity index (χ2v) is 14.4. The largest absolute Gasteiger partial charge is 0.393 e. The van der Waals surface area contributed by atoms with Gasteiger partial charge in [-0.05, 0) is 128 Å². The molecule has 0 aromatic rings. The molecule has 5 fully saturated rings. The second-order valence-electron chi connectivity index (χ2n) is 14.4. The van der Waals surface area contributed by atoms with Crippen molar-refractivity contribution < 1.29 is 10.2 Å². The van der Waals surface area contributed by atoms with Crippen LogP contribution in [-0.4, -0.2) is 22.4 Å². The maximum Gasteiger partial charge on any atom is 0.0744 e. The first-order valence-corrected chi connectivity index (χ1v) is 13.9. The summed E-state index contributed by atoms with van der Waals surface area (Å²) in [4.78, 5) is 0. The molecule has 0 saturated heterocycles. The fourth-order valence-electron chi connectivity index (χ4n) is 11.2. The molecule has 0 aromatic heterocycles. The zero-order chi connectivity index (χ0) is 23.3. The van der Waals surface area contributed by atoms with Crippen molar-refractivity contribution in [3.05, 3.63) is 12.2 Å². The minimum atomic E-state index is -0.334. The molecule has 5 saturated carbocycles. The van der Waals surface area contributed by atoms with Gasteiger partial charge in [0.1, 0.15) is 0 Å². The number of hydrogen-bond donors (Lipinski definition) is 2. The molecule has 0 aromatic carbocycles. The van der Waals surface area contributed by atoms with Gasteiger partial charge in [0, 0.05) is 0 Å². The zero-order valence-electron chi connectivity index (χ0n) is 21.8. The van der Waals surface area contributed by atoms with E-state index in [1.54, 1.807) is 0 Å². The molecule has 0 bridgehead atoms. The van der Waals surface area contributed by atoms with Crippen LogP contribution in [0.3, 0.4) is 0 Å². The van der Waals surface area contributed by atoms with E-state index in [9.17, 15) is 10.2 Å². The maximum absolute atomic E-state index is 10.8. The van der Waals surface area contributed by atoms with Crippen molar-refractivity contribution >= 4 is 0 Å². The maximum atomic E-state index is 10.8. The average Bonchev–Trinajstić information content (AvgIpc) is 3.31. The van der Waals surface area contributed by atoms with Gasteiger partial charge in [0.25, 0.3) is 0 Å². The fraction of sp³-hybridized carbons (Fsp3) is 0.933. The first kappa shape index (κ1) is 23.4. The molecule has 2 spiro atoms. The monoisotopic (exact) mass is 442 g/mol. The predicted octanol–water partition coefficient (Wildman–Crippen LogP) is 7.14. The Morgan fingerprint density at radius 1 is 0.875 bits per heavy atom. The summed E-state index contributed by atoms with van der Waals surface area (Å²) >= 11 is 0. The topological polar surface area (TPSA) is 40.5 Å². The SMILES string of the molecule is C=C(C)C(O)CC[C@@H](C)[C@H]1CC[C@@]2(C)[C@@H]3CC[C@H]4C(C)(C)[C@@H](O)CC[C@@]45C[C@@]35CC[C@]12C. The highest BCUT2D eigenvalue weighted by Crippen LogP contribution is 2.89. The number of rotatable bonds is 5. The third kappa shape index (κ3) is 2.72. The summed E-state index contributed by atoms with van der Waals surface area (Å²) in [6, 6.07) is 0. The lowest BCUT2D eigenvalue weighted by Crippen LogP contribution is -2.57. The van der Waals surface area contributed by atoms with Crippen molar-refractivity contribution in [1.29, 1.82) is 0 Å². The predicted molar refractivity (Wildman–Crippen MR) is 132 cm³/mol. The van der Waals surface area contributed by atoms with E-state index in [0.717, 1.165) is 42.6 Å². The lowest BCUT2D eigenvalue weighted by atomic mass is 9.41. The van der Waals surface area contributed by atoms with Crippen molar-refractivity contribution in [2.45, 2.75) is 124 Å². The first-order valence-electron chi connectivity index (χ1n) is 13.9. The Morgan fingerprint density at radius 2 is 1.53 bits per heavy atom. The summed E-state index contributed by atoms with van der Waals surface area (Å²) in [7, 11) is 0. The molecule has 182 valence electrons. The standard InChI is InChI=1S/C30H50O2/c1-19(2)22(31)9-8-20(3)21-12-14-28(7)24-11-10-23-26(4,5)25(32)13-15-29(23)18-30(24,29)17-16-27(21,28)6/h20-25,31-32H,1,8-18H2,2-7H3/t20-,21-,22?,23+,24+,25+,27-,28+,29-,30+/m1/s1. The van der Waals surface area contributed by atoms with Crippen LogP contribution in [0.4, 0.5) is 0 Å². The summed E-state index contributed by atoms with van der Waals surface area (Å²) in [5.74, 6) is 3.08. The third-order valence-electron chi connectivity index (χ3n) is 13.3. The van der Waals surface area contributed by atoms with E-state index in [2.05, 4.69) is 41.2 Å². The van der Waals surface area contributed by atoms with E-state index in [4.69, 9.17) is 0 Å². The van der Waals surface area contributed by atoms with Crippen LogP contribution < -0.4 is 0 Å². The van der Waals surface area contributed by atoms with E-state index in [-0.39, 0.29) is 17.6 Å². The van der Waals surface area contributed by atoms with Gasteiger partial charge in [0.15, 0.2) is 0 Å². The molecule has 32 heavy (non-hydrogen) atoms. The van der Waals surface area contributed by atoms with Gasteiger partial charge in [-0.3, -0.25) is 0 Å². The Balaban J connectivity index is 1.39. The van der Waals surface area contributed by atoms with Gasteiger partial charge in [0.2, 0.25) is 0 Å². The van der Waals surface area contributed by atoms with Gasteiger partial charge in [-0.15, -0.1) is 0 Å². The first-order chi connectivity index (χ1) is 14.9. The number of aliphatic hydroxyl groups excluding tert-OH is 2. The molecule has 2 nitrogen and oxygen atoms in total. The van der Waals surface area contributed by atoms with Crippen LogP contribution in [0.1, 0.15) is 112 Å². The van der Waals surface area contributed by atoms with Gasteiger partial charge in [-0.2, -0.15) is 0 Å². The van der Waals surface area contributed by atoms with Gasteiger partial charge in [0.05, 0.1) is 12.2 Å². The van der Waals surface area contributed by atoms with Crippen molar-refractivity contribution in [3.8, 4) is 0 Å². The minimum absolute atomic E-state index is 0.0885. The van der Waals surface area contributed by atoms with E-state index in [1.807, 2.05) is 6.92 Å². The van der Waals surface area contributed by atoms with Crippen LogP contribution >= 0.6 is 0 Å². The molecule has 5 rings (SSSR count). The van der Waals surface area contributed by atoms with E-state index < -0.39 is 0 Å². The zero-order valence-corrected chi connectivity index (χ0v) is 21.8. The van der Waals surface area contributed by atoms with Crippen LogP contribution in [-0.2, 0) is 0 Å². The minimum Gasteiger partial charge on any atom is -0.393 e. The second kappa shape index (κ2) is 7.09. The highest BCUT2D eigenvalue weighted by molar-refractivity contribution is 5.30. The number of aliphatic hydroxyl groups is 2. The van der Waals surface area contributed by atoms with Gasteiger partial charge < -0.3 is 10.2 Å². The highest BCUT2D eigenvalue weighted by Gasteiger charge is 2.82. The van der Waals surface area contributed by atoms with Crippen LogP contribution in [0.15, 0.2) is 12.2 Å². The quantitative estimate of drug-likeness (QED) is 0.444. The molecule has 0 amide bonds. The molecule has 5 aliphatic rings. The van der Waals surface area contributed by atoms with E-state index in [0.29, 0.717) is 27.6 Å². The van der Waals surface area contributed by atoms with Crippen LogP contribution in [0.5, 0.6) is 0 Å². The number of fused-ring (bicyclic) bond motifs is 2. The summed E-state index contributed by atoms with van der Waals surface area (Å²) < 4.78 is 0. The normalized spacial score (nSPS) is 52.8. The smallest absolute Gasteiger partial charge is 0.0744 e. The Kier molecular flexibility index (Phi) is 5.19. The molecule has 2 N–H and O–H groups in total. The fourth-order valence-corrected chi connectivity index (χ4v) is 11.2. The Hall–Kier alpha value is -0.340. The lowest BCUT2D eigenvalue weighted by Gasteiger charge is -2.63. The summed E-state index contributed by atoms with van der Waals surface area (Å²) in [6.07, 6.45) is 13.7. The third-order valence-corrected chi connectivity index (χ3v) is 13.3. The summed E-state index contributed by atoms with van der Waals surface area (Å²) in [6.45, 7) is 18.5. The molecule has 0 aliphatic heterocycles. The molecule has 0 heterocycles. The van der Waals surface area contributed by atoms with Crippen LogP contribution in [0.2, 0.25) is 0 Å². The summed E-state index contributed by atoms with van der Waals surface area (Å²) in [5, 5.41) is 21.2. The molecule has 2 heteroatoms. The van der Waals surface area contributed by atoms with Crippen molar-refractivity contribution in [2.75, 3.05) is 0 Å². The Morgan fingerprint density at radius 3 is 2.22 bits per heavy atom. The van der Waals surface area contributed by atoms with Crippen molar-refractivity contribution in [2.24, 2.45) is 50.7 Å². The molecule has 1 unspecified atom stereocenters. The Bertz CT molecular complexity index is 786. The van der Waals surface area contributed by atoms with E-state index >= 15 is 0 Å². The van der Waals surface area contributed by atoms with Gasteiger partial charge in [-0.25, -0.2) is 0 Å². The molecular weight excluding hydrogens is 392 g/mol. The van der Waals surface area contributed by atoms with Crippen molar-refractivity contribution in [3.63, 3.8) is 0 Å². The highest BCUT2D eigenvalue weighted by atomic mass is 16.3. The van der Waals surface area contributed by atoms with Gasteiger partial charge >= 0.3 is 0 Å². The molecular formula is C30H50O2. The number of hydrogen-bond acceptors (Lipinski definition) is 2. The van der Waals surface area contributed by atoms with Crippen LogP contribution in [0, 0.1) is 50.7 Å². The lowest BCUT2D eigenvalue weighted by molar-refractivity contribution is -0.161. The summed E-state index contributed by atoms with van der Waals surface area (Å²) in [5.41, 5.74) is 3.03. The Labute approximate surface area is 197 Å². The van der Waals surface area contributed by atoms with Gasteiger partial charge in [-0.1, -0.05) is 46.8 Å².